The van der Waals surface area contributed by atoms with Gasteiger partial charge in [-0.25, -0.2) is 8.78 Å². The molecular weight excluding hydrogens is 208 g/mol. The summed E-state index contributed by atoms with van der Waals surface area (Å²) in [5.41, 5.74) is 0.413. The Balaban J connectivity index is 1.90. The molecule has 1 aliphatic rings. The van der Waals surface area contributed by atoms with E-state index in [1.54, 1.807) is 0 Å². The van der Waals surface area contributed by atoms with Crippen molar-refractivity contribution in [1.29, 1.82) is 0 Å². The summed E-state index contributed by atoms with van der Waals surface area (Å²) in [5, 5.41) is 3.23. The van der Waals surface area contributed by atoms with Crippen molar-refractivity contribution in [2.75, 3.05) is 6.54 Å². The molecule has 1 saturated carbocycles. The minimum absolute atomic E-state index is 0.130. The van der Waals surface area contributed by atoms with Gasteiger partial charge in [0.15, 0.2) is 0 Å². The fourth-order valence-electron chi connectivity index (χ4n) is 1.87. The molecule has 1 aromatic rings. The summed E-state index contributed by atoms with van der Waals surface area (Å²) >= 11 is 0. The van der Waals surface area contributed by atoms with Crippen LogP contribution in [0, 0.1) is 17.6 Å². The Morgan fingerprint density at radius 1 is 1.38 bits per heavy atom. The lowest BCUT2D eigenvalue weighted by Gasteiger charge is -2.14. The fraction of sp³-hybridized carbons (Fsp3) is 0.538. The summed E-state index contributed by atoms with van der Waals surface area (Å²) in [6.45, 7) is 2.74. The lowest BCUT2D eigenvalue weighted by molar-refractivity contribution is 0.504. The lowest BCUT2D eigenvalue weighted by atomic mass is 10.1. The zero-order chi connectivity index (χ0) is 11.5. The van der Waals surface area contributed by atoms with E-state index in [-0.39, 0.29) is 17.7 Å². The first-order valence-corrected chi connectivity index (χ1v) is 5.85. The van der Waals surface area contributed by atoms with Crippen molar-refractivity contribution in [2.45, 2.75) is 32.2 Å². The average Bonchev–Trinajstić information content (AvgIpc) is 3.05. The zero-order valence-electron chi connectivity index (χ0n) is 9.47. The first kappa shape index (κ1) is 11.5. The third-order valence-electron chi connectivity index (χ3n) is 3.12. The Morgan fingerprint density at radius 2 is 2.12 bits per heavy atom. The van der Waals surface area contributed by atoms with Gasteiger partial charge in [0.05, 0.1) is 0 Å². The molecule has 1 atom stereocenters. The van der Waals surface area contributed by atoms with Crippen molar-refractivity contribution in [3.05, 3.63) is 35.4 Å². The van der Waals surface area contributed by atoms with E-state index in [0.29, 0.717) is 5.56 Å². The molecule has 0 amide bonds. The van der Waals surface area contributed by atoms with Crippen molar-refractivity contribution >= 4 is 0 Å². The number of hydrogen-bond acceptors (Lipinski definition) is 1. The summed E-state index contributed by atoms with van der Waals surface area (Å²) in [7, 11) is 0. The third kappa shape index (κ3) is 3.01. The molecule has 0 radical (unpaired) electrons. The second kappa shape index (κ2) is 4.91. The van der Waals surface area contributed by atoms with Gasteiger partial charge in [-0.05, 0) is 44.0 Å². The molecule has 1 nitrogen and oxygen atoms in total. The third-order valence-corrected chi connectivity index (χ3v) is 3.12. The topological polar surface area (TPSA) is 12.0 Å². The highest BCUT2D eigenvalue weighted by Crippen LogP contribution is 2.32. The molecule has 3 heteroatoms. The number of rotatable bonds is 5. The van der Waals surface area contributed by atoms with Gasteiger partial charge in [0.25, 0.3) is 0 Å². The van der Waals surface area contributed by atoms with E-state index in [0.717, 1.165) is 24.9 Å². The molecule has 0 spiro atoms. The van der Waals surface area contributed by atoms with Crippen LogP contribution in [0.4, 0.5) is 8.78 Å². The van der Waals surface area contributed by atoms with Crippen LogP contribution in [-0.4, -0.2) is 6.54 Å². The van der Waals surface area contributed by atoms with E-state index in [1.807, 2.05) is 6.92 Å². The summed E-state index contributed by atoms with van der Waals surface area (Å²) in [6, 6.07) is 3.47. The van der Waals surface area contributed by atoms with Crippen LogP contribution in [-0.2, 0) is 0 Å². The standard InChI is InChI=1S/C13H17F2N/c1-9(16-7-6-10-2-3-10)12-8-11(14)4-5-13(12)15/h4-5,8-10,16H,2-3,6-7H2,1H3. The maximum absolute atomic E-state index is 13.4. The van der Waals surface area contributed by atoms with E-state index >= 15 is 0 Å². The van der Waals surface area contributed by atoms with Gasteiger partial charge in [-0.1, -0.05) is 12.8 Å². The second-order valence-electron chi connectivity index (χ2n) is 4.57. The zero-order valence-corrected chi connectivity index (χ0v) is 9.47. The number of halogens is 2. The number of benzene rings is 1. The van der Waals surface area contributed by atoms with E-state index in [4.69, 9.17) is 0 Å². The molecular formula is C13H17F2N. The van der Waals surface area contributed by atoms with Gasteiger partial charge >= 0.3 is 0 Å². The first-order chi connectivity index (χ1) is 7.66. The molecule has 88 valence electrons. The maximum atomic E-state index is 13.4. The Hall–Kier alpha value is -0.960. The molecule has 0 heterocycles. The van der Waals surface area contributed by atoms with Crippen LogP contribution in [0.25, 0.3) is 0 Å². The highest BCUT2D eigenvalue weighted by atomic mass is 19.1. The molecule has 0 aromatic heterocycles. The van der Waals surface area contributed by atoms with Crippen LogP contribution in [0.5, 0.6) is 0 Å². The largest absolute Gasteiger partial charge is 0.310 e. The maximum Gasteiger partial charge on any atom is 0.128 e. The molecule has 1 N–H and O–H groups in total. The predicted octanol–water partition coefficient (Wildman–Crippen LogP) is 3.42. The molecule has 2 rings (SSSR count). The highest BCUT2D eigenvalue weighted by Gasteiger charge is 2.20. The Morgan fingerprint density at radius 3 is 2.81 bits per heavy atom. The number of nitrogens with one attached hydrogen (secondary N) is 1. The van der Waals surface area contributed by atoms with Crippen LogP contribution >= 0.6 is 0 Å². The minimum atomic E-state index is -0.382. The molecule has 1 aromatic carbocycles. The monoisotopic (exact) mass is 225 g/mol. The molecule has 1 fully saturated rings. The lowest BCUT2D eigenvalue weighted by Crippen LogP contribution is -2.21. The average molecular weight is 225 g/mol. The van der Waals surface area contributed by atoms with Crippen LogP contribution in [0.3, 0.4) is 0 Å². The van der Waals surface area contributed by atoms with Gasteiger partial charge in [0, 0.05) is 11.6 Å². The van der Waals surface area contributed by atoms with Crippen molar-refractivity contribution in [1.82, 2.24) is 5.32 Å². The van der Waals surface area contributed by atoms with E-state index in [2.05, 4.69) is 5.32 Å². The second-order valence-corrected chi connectivity index (χ2v) is 4.57. The van der Waals surface area contributed by atoms with Gasteiger partial charge < -0.3 is 5.32 Å². The van der Waals surface area contributed by atoms with Crippen LogP contribution in [0.1, 0.15) is 37.8 Å². The van der Waals surface area contributed by atoms with Gasteiger partial charge in [0.2, 0.25) is 0 Å². The van der Waals surface area contributed by atoms with Crippen LogP contribution < -0.4 is 5.32 Å². The smallest absolute Gasteiger partial charge is 0.128 e. The summed E-state index contributed by atoms with van der Waals surface area (Å²) in [4.78, 5) is 0. The molecule has 1 aliphatic carbocycles. The molecule has 0 aliphatic heterocycles. The summed E-state index contributed by atoms with van der Waals surface area (Å²) < 4.78 is 26.4. The van der Waals surface area contributed by atoms with Crippen LogP contribution in [0.2, 0.25) is 0 Å². The van der Waals surface area contributed by atoms with E-state index < -0.39 is 0 Å². The molecule has 0 bridgehead atoms. The first-order valence-electron chi connectivity index (χ1n) is 5.85. The van der Waals surface area contributed by atoms with Gasteiger partial charge in [0.1, 0.15) is 11.6 Å². The fourth-order valence-corrected chi connectivity index (χ4v) is 1.87. The van der Waals surface area contributed by atoms with Crippen LogP contribution in [0.15, 0.2) is 18.2 Å². The molecule has 1 unspecified atom stereocenters. The van der Waals surface area contributed by atoms with Crippen molar-refractivity contribution in [2.24, 2.45) is 5.92 Å². The molecule has 0 saturated heterocycles. The van der Waals surface area contributed by atoms with E-state index in [1.165, 1.54) is 25.0 Å². The van der Waals surface area contributed by atoms with Gasteiger partial charge in [-0.3, -0.25) is 0 Å². The highest BCUT2D eigenvalue weighted by molar-refractivity contribution is 5.21. The van der Waals surface area contributed by atoms with Gasteiger partial charge in [-0.15, -0.1) is 0 Å². The van der Waals surface area contributed by atoms with Gasteiger partial charge in [-0.2, -0.15) is 0 Å². The predicted molar refractivity (Wildman–Crippen MR) is 60.1 cm³/mol. The quantitative estimate of drug-likeness (QED) is 0.809. The van der Waals surface area contributed by atoms with E-state index in [9.17, 15) is 8.78 Å². The van der Waals surface area contributed by atoms with Crippen molar-refractivity contribution in [3.63, 3.8) is 0 Å². The Kier molecular flexibility index (Phi) is 3.54. The minimum Gasteiger partial charge on any atom is -0.310 e. The Bertz CT molecular complexity index is 361. The summed E-state index contributed by atoms with van der Waals surface area (Å²) in [5.74, 6) is 0.136. The number of hydrogen-bond donors (Lipinski definition) is 1. The molecule has 16 heavy (non-hydrogen) atoms. The Labute approximate surface area is 94.9 Å². The SMILES string of the molecule is CC(NCCC1CC1)c1cc(F)ccc1F. The van der Waals surface area contributed by atoms with Crippen molar-refractivity contribution < 1.29 is 8.78 Å². The van der Waals surface area contributed by atoms with Crippen molar-refractivity contribution in [3.8, 4) is 0 Å². The summed E-state index contributed by atoms with van der Waals surface area (Å²) in [6.07, 6.45) is 3.79. The normalized spacial score (nSPS) is 17.4.